The molecule has 0 fully saturated rings. The van der Waals surface area contributed by atoms with Crippen molar-refractivity contribution in [2.45, 2.75) is 19.0 Å². The molecule has 0 saturated heterocycles. The van der Waals surface area contributed by atoms with Gasteiger partial charge in [0.15, 0.2) is 11.5 Å². The SMILES string of the molecule is COc1cc(CNC(CCSC)C(=O)O)ccc1Oc1nnnn1-c1ccccc1. The first kappa shape index (κ1) is 21.6. The van der Waals surface area contributed by atoms with Crippen LogP contribution in [-0.2, 0) is 11.3 Å². The highest BCUT2D eigenvalue weighted by molar-refractivity contribution is 7.98. The number of aliphatic carboxylic acids is 1. The van der Waals surface area contributed by atoms with Crippen molar-refractivity contribution in [3.63, 3.8) is 0 Å². The zero-order chi connectivity index (χ0) is 21.3. The average Bonchev–Trinajstić information content (AvgIpc) is 3.23. The van der Waals surface area contributed by atoms with Crippen LogP contribution in [0.5, 0.6) is 17.5 Å². The molecule has 0 spiro atoms. The average molecular weight is 430 g/mol. The van der Waals surface area contributed by atoms with Gasteiger partial charge in [0.1, 0.15) is 6.04 Å². The van der Waals surface area contributed by atoms with Gasteiger partial charge in [-0.15, -0.1) is 0 Å². The molecule has 3 aromatic rings. The monoisotopic (exact) mass is 429 g/mol. The number of hydrogen-bond donors (Lipinski definition) is 2. The van der Waals surface area contributed by atoms with Gasteiger partial charge in [-0.3, -0.25) is 4.79 Å². The largest absolute Gasteiger partial charge is 0.493 e. The second kappa shape index (κ2) is 10.6. The number of carbonyl (C=O) groups is 1. The number of aromatic nitrogens is 4. The van der Waals surface area contributed by atoms with Crippen LogP contribution >= 0.6 is 11.8 Å². The minimum absolute atomic E-state index is 0.202. The summed E-state index contributed by atoms with van der Waals surface area (Å²) in [4.78, 5) is 11.4. The van der Waals surface area contributed by atoms with Crippen LogP contribution in [0, 0.1) is 0 Å². The quantitative estimate of drug-likeness (QED) is 0.475. The summed E-state index contributed by atoms with van der Waals surface area (Å²) < 4.78 is 12.8. The van der Waals surface area contributed by atoms with E-state index in [-0.39, 0.29) is 6.01 Å². The second-order valence-electron chi connectivity index (χ2n) is 6.35. The molecule has 1 heterocycles. The predicted octanol–water partition coefficient (Wildman–Crippen LogP) is 2.76. The van der Waals surface area contributed by atoms with Gasteiger partial charge in [-0.1, -0.05) is 29.4 Å². The van der Waals surface area contributed by atoms with Crippen LogP contribution in [0.1, 0.15) is 12.0 Å². The Morgan fingerprint density at radius 2 is 2.03 bits per heavy atom. The third kappa shape index (κ3) is 5.49. The predicted molar refractivity (Wildman–Crippen MR) is 113 cm³/mol. The van der Waals surface area contributed by atoms with E-state index in [9.17, 15) is 9.90 Å². The molecule has 2 N–H and O–H groups in total. The zero-order valence-electron chi connectivity index (χ0n) is 16.7. The highest BCUT2D eigenvalue weighted by Crippen LogP contribution is 2.32. The van der Waals surface area contributed by atoms with Crippen LogP contribution in [0.15, 0.2) is 48.5 Å². The van der Waals surface area contributed by atoms with Gasteiger partial charge in [-0.25, -0.2) is 0 Å². The number of nitrogens with zero attached hydrogens (tertiary/aromatic N) is 4. The number of tetrazole rings is 1. The Kier molecular flexibility index (Phi) is 7.63. The molecule has 30 heavy (non-hydrogen) atoms. The molecule has 0 aliphatic carbocycles. The number of nitrogens with one attached hydrogen (secondary N) is 1. The number of methoxy groups -OCH3 is 1. The molecule has 2 aromatic carbocycles. The Morgan fingerprint density at radius 1 is 1.23 bits per heavy atom. The van der Waals surface area contributed by atoms with E-state index >= 15 is 0 Å². The van der Waals surface area contributed by atoms with Gasteiger partial charge in [0.25, 0.3) is 0 Å². The smallest absolute Gasteiger partial charge is 0.346 e. The summed E-state index contributed by atoms with van der Waals surface area (Å²) in [6.07, 6.45) is 2.51. The summed E-state index contributed by atoms with van der Waals surface area (Å²) in [5.74, 6) is 0.859. The Bertz CT molecular complexity index is 967. The molecule has 1 aromatic heterocycles. The number of ether oxygens (including phenoxy) is 2. The van der Waals surface area contributed by atoms with Crippen LogP contribution in [0.3, 0.4) is 0 Å². The van der Waals surface area contributed by atoms with E-state index in [1.165, 1.54) is 11.8 Å². The van der Waals surface area contributed by atoms with E-state index in [2.05, 4.69) is 20.8 Å². The molecule has 158 valence electrons. The molecule has 0 aliphatic heterocycles. The van der Waals surface area contributed by atoms with Crippen molar-refractivity contribution < 1.29 is 19.4 Å². The normalized spacial score (nSPS) is 11.8. The molecule has 1 atom stereocenters. The van der Waals surface area contributed by atoms with Gasteiger partial charge < -0.3 is 19.9 Å². The van der Waals surface area contributed by atoms with Crippen LogP contribution < -0.4 is 14.8 Å². The van der Waals surface area contributed by atoms with Crippen molar-refractivity contribution >= 4 is 17.7 Å². The van der Waals surface area contributed by atoms with Crippen molar-refractivity contribution in [3.05, 3.63) is 54.1 Å². The number of carboxylic acids is 1. The molecule has 0 radical (unpaired) electrons. The van der Waals surface area contributed by atoms with Crippen molar-refractivity contribution in [2.24, 2.45) is 0 Å². The van der Waals surface area contributed by atoms with Crippen molar-refractivity contribution in [2.75, 3.05) is 19.1 Å². The van der Waals surface area contributed by atoms with Gasteiger partial charge in [0, 0.05) is 6.54 Å². The number of thioether (sulfide) groups is 1. The Balaban J connectivity index is 1.73. The first-order valence-electron chi connectivity index (χ1n) is 9.26. The maximum Gasteiger partial charge on any atom is 0.346 e. The molecule has 3 rings (SSSR count). The Hall–Kier alpha value is -3.11. The molecule has 9 nitrogen and oxygen atoms in total. The van der Waals surface area contributed by atoms with Gasteiger partial charge in [-0.2, -0.15) is 16.4 Å². The van der Waals surface area contributed by atoms with E-state index in [0.29, 0.717) is 24.5 Å². The minimum atomic E-state index is -0.858. The van der Waals surface area contributed by atoms with E-state index in [4.69, 9.17) is 9.47 Å². The van der Waals surface area contributed by atoms with Crippen molar-refractivity contribution in [1.82, 2.24) is 25.5 Å². The standard InChI is InChI=1S/C20H23N5O4S/c1-28-18-12-14(13-21-16(19(26)27)10-11-30-2)8-9-17(18)29-20-22-23-24-25(20)15-6-4-3-5-7-15/h3-9,12,16,21H,10-11,13H2,1-2H3,(H,26,27). The maximum absolute atomic E-state index is 11.4. The van der Waals surface area contributed by atoms with E-state index in [0.717, 1.165) is 17.0 Å². The number of hydrogen-bond acceptors (Lipinski definition) is 8. The fraction of sp³-hybridized carbons (Fsp3) is 0.300. The summed E-state index contributed by atoms with van der Waals surface area (Å²) in [5.41, 5.74) is 1.64. The number of rotatable bonds is 11. The summed E-state index contributed by atoms with van der Waals surface area (Å²) in [7, 11) is 1.54. The maximum atomic E-state index is 11.4. The Labute approximate surface area is 178 Å². The highest BCUT2D eigenvalue weighted by Gasteiger charge is 2.17. The van der Waals surface area contributed by atoms with Crippen LogP contribution in [0.4, 0.5) is 0 Å². The first-order valence-corrected chi connectivity index (χ1v) is 10.7. The number of para-hydroxylation sites is 1. The number of benzene rings is 2. The summed E-state index contributed by atoms with van der Waals surface area (Å²) in [6.45, 7) is 0.393. The van der Waals surface area contributed by atoms with Gasteiger partial charge in [0.05, 0.1) is 12.8 Å². The van der Waals surface area contributed by atoms with Gasteiger partial charge >= 0.3 is 12.0 Å². The summed E-state index contributed by atoms with van der Waals surface area (Å²) in [6, 6.07) is 14.4. The number of carboxylic acid groups (broad SMARTS) is 1. The van der Waals surface area contributed by atoms with Crippen molar-refractivity contribution in [1.29, 1.82) is 0 Å². The first-order chi connectivity index (χ1) is 14.6. The molecule has 0 saturated carbocycles. The lowest BCUT2D eigenvalue weighted by atomic mass is 10.1. The fourth-order valence-corrected chi connectivity index (χ4v) is 3.24. The molecular formula is C20H23N5O4S. The molecule has 1 unspecified atom stereocenters. The van der Waals surface area contributed by atoms with E-state index < -0.39 is 12.0 Å². The Morgan fingerprint density at radius 3 is 2.73 bits per heavy atom. The summed E-state index contributed by atoms with van der Waals surface area (Å²) in [5, 5.41) is 24.0. The molecule has 0 aliphatic rings. The second-order valence-corrected chi connectivity index (χ2v) is 7.33. The lowest BCUT2D eigenvalue weighted by molar-refractivity contribution is -0.139. The third-order valence-corrected chi connectivity index (χ3v) is 4.98. The zero-order valence-corrected chi connectivity index (χ0v) is 17.5. The van der Waals surface area contributed by atoms with Gasteiger partial charge in [0.2, 0.25) is 0 Å². The molecule has 10 heteroatoms. The van der Waals surface area contributed by atoms with Crippen LogP contribution in [0.2, 0.25) is 0 Å². The topological polar surface area (TPSA) is 111 Å². The lowest BCUT2D eigenvalue weighted by Gasteiger charge is -2.15. The van der Waals surface area contributed by atoms with Crippen LogP contribution in [0.25, 0.3) is 5.69 Å². The van der Waals surface area contributed by atoms with Crippen molar-refractivity contribution in [3.8, 4) is 23.2 Å². The molecule has 0 bridgehead atoms. The van der Waals surface area contributed by atoms with E-state index in [1.807, 2.05) is 42.7 Å². The van der Waals surface area contributed by atoms with Gasteiger partial charge in [-0.05, 0) is 58.7 Å². The molecular weight excluding hydrogens is 406 g/mol. The summed E-state index contributed by atoms with van der Waals surface area (Å²) >= 11 is 1.62. The molecule has 0 amide bonds. The van der Waals surface area contributed by atoms with Crippen LogP contribution in [-0.4, -0.2) is 56.4 Å². The lowest BCUT2D eigenvalue weighted by Crippen LogP contribution is -2.36. The third-order valence-electron chi connectivity index (χ3n) is 4.33. The fourth-order valence-electron chi connectivity index (χ4n) is 2.77. The minimum Gasteiger partial charge on any atom is -0.493 e. The van der Waals surface area contributed by atoms with E-state index in [1.54, 1.807) is 23.9 Å². The highest BCUT2D eigenvalue weighted by atomic mass is 32.2.